The van der Waals surface area contributed by atoms with Crippen molar-refractivity contribution in [3.8, 4) is 5.75 Å². The average Bonchev–Trinajstić information content (AvgIpc) is 2.40. The van der Waals surface area contributed by atoms with Gasteiger partial charge in [0.2, 0.25) is 0 Å². The molecular formula is C15H23NO2. The predicted octanol–water partition coefficient (Wildman–Crippen LogP) is 2.30. The third kappa shape index (κ3) is 3.72. The number of benzene rings is 1. The molecule has 2 unspecified atom stereocenters. The van der Waals surface area contributed by atoms with Crippen molar-refractivity contribution in [2.24, 2.45) is 0 Å². The van der Waals surface area contributed by atoms with Crippen molar-refractivity contribution in [1.29, 1.82) is 0 Å². The van der Waals surface area contributed by atoms with E-state index in [4.69, 9.17) is 4.74 Å². The molecule has 0 spiro atoms. The summed E-state index contributed by atoms with van der Waals surface area (Å²) in [6.45, 7) is 1.53. The molecule has 3 nitrogen and oxygen atoms in total. The van der Waals surface area contributed by atoms with E-state index in [-0.39, 0.29) is 6.10 Å². The molecule has 1 fully saturated rings. The maximum absolute atomic E-state index is 9.97. The first-order chi connectivity index (χ1) is 8.77. The van der Waals surface area contributed by atoms with Gasteiger partial charge in [0, 0.05) is 12.6 Å². The number of ether oxygens (including phenoxy) is 1. The molecule has 0 saturated heterocycles. The molecule has 0 bridgehead atoms. The minimum atomic E-state index is -0.166. The maximum atomic E-state index is 9.97. The number of likely N-dealkylation sites (N-methyl/N-ethyl adjacent to an activating group) is 1. The van der Waals surface area contributed by atoms with E-state index in [0.29, 0.717) is 12.6 Å². The highest BCUT2D eigenvalue weighted by molar-refractivity contribution is 5.20. The van der Waals surface area contributed by atoms with Crippen LogP contribution in [-0.4, -0.2) is 42.4 Å². The highest BCUT2D eigenvalue weighted by atomic mass is 16.5. The van der Waals surface area contributed by atoms with E-state index in [1.807, 2.05) is 30.3 Å². The van der Waals surface area contributed by atoms with E-state index < -0.39 is 0 Å². The molecule has 1 N–H and O–H groups in total. The van der Waals surface area contributed by atoms with Gasteiger partial charge < -0.3 is 9.84 Å². The van der Waals surface area contributed by atoms with Gasteiger partial charge in [-0.2, -0.15) is 0 Å². The molecule has 18 heavy (non-hydrogen) atoms. The van der Waals surface area contributed by atoms with Crippen LogP contribution in [0.1, 0.15) is 25.7 Å². The Kier molecular flexibility index (Phi) is 5.02. The van der Waals surface area contributed by atoms with Gasteiger partial charge in [0.1, 0.15) is 12.4 Å². The topological polar surface area (TPSA) is 32.7 Å². The molecule has 1 aliphatic carbocycles. The van der Waals surface area contributed by atoms with E-state index in [9.17, 15) is 5.11 Å². The average molecular weight is 249 g/mol. The van der Waals surface area contributed by atoms with Crippen LogP contribution in [0.2, 0.25) is 0 Å². The Balaban J connectivity index is 1.72. The Morgan fingerprint density at radius 2 is 1.94 bits per heavy atom. The van der Waals surface area contributed by atoms with Gasteiger partial charge in [-0.05, 0) is 32.0 Å². The van der Waals surface area contributed by atoms with E-state index in [0.717, 1.165) is 31.6 Å². The van der Waals surface area contributed by atoms with E-state index in [2.05, 4.69) is 11.9 Å². The Hall–Kier alpha value is -1.06. The maximum Gasteiger partial charge on any atom is 0.119 e. The van der Waals surface area contributed by atoms with Gasteiger partial charge >= 0.3 is 0 Å². The summed E-state index contributed by atoms with van der Waals surface area (Å²) in [4.78, 5) is 2.23. The minimum Gasteiger partial charge on any atom is -0.492 e. The molecular weight excluding hydrogens is 226 g/mol. The Labute approximate surface area is 109 Å². The number of hydrogen-bond donors (Lipinski definition) is 1. The fraction of sp³-hybridized carbons (Fsp3) is 0.600. The molecule has 0 aromatic heterocycles. The van der Waals surface area contributed by atoms with Gasteiger partial charge in [-0.3, -0.25) is 4.90 Å². The van der Waals surface area contributed by atoms with E-state index >= 15 is 0 Å². The van der Waals surface area contributed by atoms with Crippen LogP contribution in [0.25, 0.3) is 0 Å². The lowest BCUT2D eigenvalue weighted by atomic mass is 9.92. The molecule has 0 heterocycles. The van der Waals surface area contributed by atoms with Crippen LogP contribution in [0.15, 0.2) is 30.3 Å². The van der Waals surface area contributed by atoms with Gasteiger partial charge in [-0.25, -0.2) is 0 Å². The zero-order valence-corrected chi connectivity index (χ0v) is 11.1. The second-order valence-corrected chi connectivity index (χ2v) is 5.06. The highest BCUT2D eigenvalue weighted by Crippen LogP contribution is 2.22. The number of para-hydroxylation sites is 1. The predicted molar refractivity (Wildman–Crippen MR) is 72.8 cm³/mol. The normalized spacial score (nSPS) is 24.2. The monoisotopic (exact) mass is 249 g/mol. The quantitative estimate of drug-likeness (QED) is 0.869. The summed E-state index contributed by atoms with van der Waals surface area (Å²) in [7, 11) is 2.08. The van der Waals surface area contributed by atoms with Crippen molar-refractivity contribution >= 4 is 0 Å². The van der Waals surface area contributed by atoms with Gasteiger partial charge in [0.05, 0.1) is 6.10 Å². The number of rotatable bonds is 5. The lowest BCUT2D eigenvalue weighted by Crippen LogP contribution is -2.44. The lowest BCUT2D eigenvalue weighted by Gasteiger charge is -2.35. The zero-order valence-electron chi connectivity index (χ0n) is 11.1. The van der Waals surface area contributed by atoms with Crippen molar-refractivity contribution in [1.82, 2.24) is 4.90 Å². The summed E-state index contributed by atoms with van der Waals surface area (Å²) in [5, 5.41) is 9.97. The van der Waals surface area contributed by atoms with Gasteiger partial charge in [0.25, 0.3) is 0 Å². The van der Waals surface area contributed by atoms with Crippen LogP contribution >= 0.6 is 0 Å². The standard InChI is InChI=1S/C15H23NO2/c1-16(14-9-5-6-10-15(14)17)11-12-18-13-7-3-2-4-8-13/h2-4,7-8,14-15,17H,5-6,9-12H2,1H3. The third-order valence-corrected chi connectivity index (χ3v) is 3.72. The summed E-state index contributed by atoms with van der Waals surface area (Å²) in [5.41, 5.74) is 0. The molecule has 100 valence electrons. The first kappa shape index (κ1) is 13.4. The first-order valence-electron chi connectivity index (χ1n) is 6.83. The number of nitrogens with zero attached hydrogens (tertiary/aromatic N) is 1. The molecule has 1 aromatic carbocycles. The van der Waals surface area contributed by atoms with Crippen LogP contribution in [-0.2, 0) is 0 Å². The molecule has 1 aromatic rings. The smallest absolute Gasteiger partial charge is 0.119 e. The van der Waals surface area contributed by atoms with Crippen molar-refractivity contribution in [3.63, 3.8) is 0 Å². The van der Waals surface area contributed by atoms with Crippen LogP contribution in [0.3, 0.4) is 0 Å². The second-order valence-electron chi connectivity index (χ2n) is 5.06. The number of aliphatic hydroxyl groups excluding tert-OH is 1. The Morgan fingerprint density at radius 1 is 1.22 bits per heavy atom. The minimum absolute atomic E-state index is 0.166. The van der Waals surface area contributed by atoms with Gasteiger partial charge in [-0.15, -0.1) is 0 Å². The molecule has 1 saturated carbocycles. The Morgan fingerprint density at radius 3 is 2.67 bits per heavy atom. The highest BCUT2D eigenvalue weighted by Gasteiger charge is 2.26. The van der Waals surface area contributed by atoms with Crippen molar-refractivity contribution in [2.45, 2.75) is 37.8 Å². The van der Waals surface area contributed by atoms with Gasteiger partial charge in [0.15, 0.2) is 0 Å². The fourth-order valence-electron chi connectivity index (χ4n) is 2.60. The first-order valence-corrected chi connectivity index (χ1v) is 6.83. The van der Waals surface area contributed by atoms with Crippen LogP contribution in [0.5, 0.6) is 5.75 Å². The zero-order chi connectivity index (χ0) is 12.8. The summed E-state index contributed by atoms with van der Waals surface area (Å²) >= 11 is 0. The van der Waals surface area contributed by atoms with Crippen LogP contribution in [0.4, 0.5) is 0 Å². The molecule has 1 aliphatic rings. The second kappa shape index (κ2) is 6.76. The van der Waals surface area contributed by atoms with Crippen molar-refractivity contribution in [2.75, 3.05) is 20.2 Å². The molecule has 2 atom stereocenters. The molecule has 0 radical (unpaired) electrons. The van der Waals surface area contributed by atoms with Crippen molar-refractivity contribution in [3.05, 3.63) is 30.3 Å². The summed E-state index contributed by atoms with van der Waals surface area (Å²) in [6, 6.07) is 10.2. The summed E-state index contributed by atoms with van der Waals surface area (Å²) < 4.78 is 5.68. The van der Waals surface area contributed by atoms with Gasteiger partial charge in [-0.1, -0.05) is 31.0 Å². The lowest BCUT2D eigenvalue weighted by molar-refractivity contribution is 0.0272. The number of aliphatic hydroxyl groups is 1. The number of hydrogen-bond acceptors (Lipinski definition) is 3. The molecule has 0 amide bonds. The largest absolute Gasteiger partial charge is 0.492 e. The Bertz CT molecular complexity index is 342. The van der Waals surface area contributed by atoms with Crippen LogP contribution < -0.4 is 4.74 Å². The van der Waals surface area contributed by atoms with Crippen molar-refractivity contribution < 1.29 is 9.84 Å². The van der Waals surface area contributed by atoms with E-state index in [1.54, 1.807) is 0 Å². The fourth-order valence-corrected chi connectivity index (χ4v) is 2.60. The molecule has 2 rings (SSSR count). The summed E-state index contributed by atoms with van der Waals surface area (Å²) in [6.07, 6.45) is 4.26. The molecule has 3 heteroatoms. The van der Waals surface area contributed by atoms with Crippen LogP contribution in [0, 0.1) is 0 Å². The third-order valence-electron chi connectivity index (χ3n) is 3.72. The van der Waals surface area contributed by atoms with E-state index in [1.165, 1.54) is 6.42 Å². The summed E-state index contributed by atoms with van der Waals surface area (Å²) in [5.74, 6) is 0.912. The SMILES string of the molecule is CN(CCOc1ccccc1)C1CCCCC1O. The molecule has 0 aliphatic heterocycles.